The van der Waals surface area contributed by atoms with Gasteiger partial charge >= 0.3 is 6.03 Å². The summed E-state index contributed by atoms with van der Waals surface area (Å²) in [4.78, 5) is 26.6. The minimum absolute atomic E-state index is 0.0460. The van der Waals surface area contributed by atoms with Gasteiger partial charge in [-0.15, -0.1) is 0 Å². The molecule has 0 spiro atoms. The third kappa shape index (κ3) is 5.19. The lowest BCUT2D eigenvalue weighted by atomic mass is 10.0. The number of benzene rings is 2. The van der Waals surface area contributed by atoms with Crippen molar-refractivity contribution in [3.8, 4) is 11.5 Å². The molecule has 0 saturated carbocycles. The van der Waals surface area contributed by atoms with Crippen molar-refractivity contribution < 1.29 is 19.1 Å². The van der Waals surface area contributed by atoms with Crippen LogP contribution in [0.4, 0.5) is 4.79 Å². The molecule has 29 heavy (non-hydrogen) atoms. The number of likely N-dealkylation sites (tertiary alicyclic amines) is 1. The van der Waals surface area contributed by atoms with E-state index in [0.29, 0.717) is 24.6 Å². The maximum atomic E-state index is 12.7. The molecule has 2 aromatic carbocycles. The standard InChI is InChI=1S/C22H27N3O4/c1-28-17-10-11-18(20(13-17)29-2)19-9-6-12-25(19)21(26)15-24-22(27)23-14-16-7-4-3-5-8-16/h3-5,7-8,10-11,13,19H,6,9,12,14-15H2,1-2H3,(H2,23,24,27)/t19-/m0/s1. The van der Waals surface area contributed by atoms with Gasteiger partial charge in [-0.2, -0.15) is 0 Å². The lowest BCUT2D eigenvalue weighted by molar-refractivity contribution is -0.131. The molecule has 0 radical (unpaired) electrons. The summed E-state index contributed by atoms with van der Waals surface area (Å²) < 4.78 is 10.8. The predicted molar refractivity (Wildman–Crippen MR) is 110 cm³/mol. The number of nitrogens with zero attached hydrogens (tertiary/aromatic N) is 1. The van der Waals surface area contributed by atoms with Crippen LogP contribution < -0.4 is 20.1 Å². The van der Waals surface area contributed by atoms with Gasteiger partial charge in [0.15, 0.2) is 0 Å². The van der Waals surface area contributed by atoms with Gasteiger partial charge in [-0.3, -0.25) is 4.79 Å². The van der Waals surface area contributed by atoms with Gasteiger partial charge in [-0.1, -0.05) is 30.3 Å². The lowest BCUT2D eigenvalue weighted by Crippen LogP contribution is -2.43. The number of carbonyl (C=O) groups excluding carboxylic acids is 2. The first-order chi connectivity index (χ1) is 14.1. The molecule has 0 unspecified atom stereocenters. The van der Waals surface area contributed by atoms with Gasteiger partial charge in [0.2, 0.25) is 5.91 Å². The number of ether oxygens (including phenoxy) is 2. The van der Waals surface area contributed by atoms with Crippen LogP contribution in [0.25, 0.3) is 0 Å². The Hall–Kier alpha value is -3.22. The van der Waals surface area contributed by atoms with E-state index in [1.165, 1.54) is 0 Å². The minimum atomic E-state index is -0.361. The second kappa shape index (κ2) is 9.82. The Morgan fingerprint density at radius 3 is 2.59 bits per heavy atom. The van der Waals surface area contributed by atoms with Crippen LogP contribution in [0.5, 0.6) is 11.5 Å². The number of amides is 3. The van der Waals surface area contributed by atoms with Gasteiger partial charge in [-0.05, 0) is 30.5 Å². The van der Waals surface area contributed by atoms with Crippen LogP contribution in [0.3, 0.4) is 0 Å². The summed E-state index contributed by atoms with van der Waals surface area (Å²) in [7, 11) is 3.21. The number of urea groups is 1. The minimum Gasteiger partial charge on any atom is -0.497 e. The maximum Gasteiger partial charge on any atom is 0.315 e. The van der Waals surface area contributed by atoms with E-state index in [0.717, 1.165) is 24.0 Å². The summed E-state index contributed by atoms with van der Waals surface area (Å²) in [6.45, 7) is 1.03. The van der Waals surface area contributed by atoms with Crippen molar-refractivity contribution in [1.82, 2.24) is 15.5 Å². The van der Waals surface area contributed by atoms with Crippen LogP contribution in [0.2, 0.25) is 0 Å². The zero-order chi connectivity index (χ0) is 20.6. The van der Waals surface area contributed by atoms with Crippen LogP contribution >= 0.6 is 0 Å². The molecule has 1 aliphatic rings. The molecular weight excluding hydrogens is 370 g/mol. The second-order valence-corrected chi connectivity index (χ2v) is 6.87. The molecule has 1 saturated heterocycles. The third-order valence-corrected chi connectivity index (χ3v) is 5.07. The van der Waals surface area contributed by atoms with E-state index < -0.39 is 0 Å². The van der Waals surface area contributed by atoms with Gasteiger partial charge in [-0.25, -0.2) is 4.79 Å². The molecule has 3 rings (SSSR count). The third-order valence-electron chi connectivity index (χ3n) is 5.07. The summed E-state index contributed by atoms with van der Waals surface area (Å²) >= 11 is 0. The van der Waals surface area contributed by atoms with Crippen molar-refractivity contribution >= 4 is 11.9 Å². The lowest BCUT2D eigenvalue weighted by Gasteiger charge is -2.26. The van der Waals surface area contributed by atoms with E-state index in [2.05, 4.69) is 10.6 Å². The number of nitrogens with one attached hydrogen (secondary N) is 2. The van der Waals surface area contributed by atoms with Gasteiger partial charge in [0.1, 0.15) is 11.5 Å². The summed E-state index contributed by atoms with van der Waals surface area (Å²) in [6.07, 6.45) is 1.76. The summed E-state index contributed by atoms with van der Waals surface area (Å²) in [6, 6.07) is 14.8. The highest BCUT2D eigenvalue weighted by Crippen LogP contribution is 2.38. The highest BCUT2D eigenvalue weighted by molar-refractivity contribution is 5.84. The van der Waals surface area contributed by atoms with Crippen molar-refractivity contribution in [2.24, 2.45) is 0 Å². The number of methoxy groups -OCH3 is 2. The van der Waals surface area contributed by atoms with E-state index in [9.17, 15) is 9.59 Å². The Labute approximate surface area is 171 Å². The highest BCUT2D eigenvalue weighted by atomic mass is 16.5. The van der Waals surface area contributed by atoms with Crippen molar-refractivity contribution in [2.75, 3.05) is 27.3 Å². The van der Waals surface area contributed by atoms with Crippen LogP contribution in [0.15, 0.2) is 48.5 Å². The fourth-order valence-corrected chi connectivity index (χ4v) is 3.58. The highest BCUT2D eigenvalue weighted by Gasteiger charge is 2.31. The molecule has 2 aromatic rings. The largest absolute Gasteiger partial charge is 0.497 e. The Bertz CT molecular complexity index is 841. The molecule has 0 aromatic heterocycles. The Morgan fingerprint density at radius 2 is 1.86 bits per heavy atom. The SMILES string of the molecule is COc1ccc([C@@H]2CCCN2C(=O)CNC(=O)NCc2ccccc2)c(OC)c1. The smallest absolute Gasteiger partial charge is 0.315 e. The van der Waals surface area contributed by atoms with Gasteiger partial charge in [0, 0.05) is 24.7 Å². The van der Waals surface area contributed by atoms with Crippen LogP contribution in [-0.4, -0.2) is 44.1 Å². The molecule has 2 N–H and O–H groups in total. The Balaban J connectivity index is 1.57. The summed E-state index contributed by atoms with van der Waals surface area (Å²) in [5, 5.41) is 5.42. The second-order valence-electron chi connectivity index (χ2n) is 6.87. The Morgan fingerprint density at radius 1 is 1.07 bits per heavy atom. The van der Waals surface area contributed by atoms with E-state index >= 15 is 0 Å². The first-order valence-corrected chi connectivity index (χ1v) is 9.69. The van der Waals surface area contributed by atoms with E-state index in [4.69, 9.17) is 9.47 Å². The van der Waals surface area contributed by atoms with E-state index in [1.54, 1.807) is 14.2 Å². The Kier molecular flexibility index (Phi) is 6.94. The fraction of sp³-hybridized carbons (Fsp3) is 0.364. The first-order valence-electron chi connectivity index (χ1n) is 9.69. The first kappa shape index (κ1) is 20.5. The van der Waals surface area contributed by atoms with Crippen LogP contribution in [0, 0.1) is 0 Å². The van der Waals surface area contributed by atoms with Crippen molar-refractivity contribution in [1.29, 1.82) is 0 Å². The molecule has 1 heterocycles. The molecule has 7 heteroatoms. The molecule has 1 aliphatic heterocycles. The summed E-state index contributed by atoms with van der Waals surface area (Å²) in [5.74, 6) is 1.29. The molecule has 0 aliphatic carbocycles. The molecule has 3 amide bonds. The topological polar surface area (TPSA) is 79.9 Å². The van der Waals surface area contributed by atoms with Crippen LogP contribution in [-0.2, 0) is 11.3 Å². The van der Waals surface area contributed by atoms with Crippen molar-refractivity contribution in [2.45, 2.75) is 25.4 Å². The maximum absolute atomic E-state index is 12.7. The number of hydrogen-bond acceptors (Lipinski definition) is 4. The average molecular weight is 397 g/mol. The number of hydrogen-bond donors (Lipinski definition) is 2. The molecule has 1 atom stereocenters. The molecule has 1 fully saturated rings. The zero-order valence-corrected chi connectivity index (χ0v) is 16.8. The summed E-state index contributed by atoms with van der Waals surface area (Å²) in [5.41, 5.74) is 1.95. The quantitative estimate of drug-likeness (QED) is 0.753. The molecule has 154 valence electrons. The molecule has 0 bridgehead atoms. The number of carbonyl (C=O) groups is 2. The van der Waals surface area contributed by atoms with Gasteiger partial charge in [0.05, 0.1) is 26.8 Å². The van der Waals surface area contributed by atoms with E-state index in [-0.39, 0.29) is 24.5 Å². The number of rotatable bonds is 7. The van der Waals surface area contributed by atoms with Crippen LogP contribution in [0.1, 0.15) is 30.0 Å². The molecular formula is C22H27N3O4. The zero-order valence-electron chi connectivity index (χ0n) is 16.8. The normalized spacial score (nSPS) is 15.7. The molecule has 7 nitrogen and oxygen atoms in total. The monoisotopic (exact) mass is 397 g/mol. The van der Waals surface area contributed by atoms with Gasteiger partial charge < -0.3 is 25.0 Å². The predicted octanol–water partition coefficient (Wildman–Crippen LogP) is 2.87. The van der Waals surface area contributed by atoms with Crippen molar-refractivity contribution in [3.05, 3.63) is 59.7 Å². The average Bonchev–Trinajstić information content (AvgIpc) is 3.26. The fourth-order valence-electron chi connectivity index (χ4n) is 3.58. The van der Waals surface area contributed by atoms with Crippen molar-refractivity contribution in [3.63, 3.8) is 0 Å². The van der Waals surface area contributed by atoms with Gasteiger partial charge in [0.25, 0.3) is 0 Å². The van der Waals surface area contributed by atoms with E-state index in [1.807, 2.05) is 53.4 Å².